The fourth-order valence-electron chi connectivity index (χ4n) is 2.93. The van der Waals surface area contributed by atoms with Crippen molar-refractivity contribution >= 4 is 28.8 Å². The van der Waals surface area contributed by atoms with Gasteiger partial charge in [-0.05, 0) is 37.6 Å². The second kappa shape index (κ2) is 6.85. The van der Waals surface area contributed by atoms with Crippen LogP contribution < -0.4 is 5.32 Å². The maximum absolute atomic E-state index is 12.8. The number of nitrogens with zero attached hydrogens (tertiary/aromatic N) is 3. The first-order valence-electron chi connectivity index (χ1n) is 8.51. The van der Waals surface area contributed by atoms with E-state index in [1.807, 2.05) is 50.2 Å². The van der Waals surface area contributed by atoms with E-state index in [9.17, 15) is 4.79 Å². The lowest BCUT2D eigenvalue weighted by Gasteiger charge is -2.09. The van der Waals surface area contributed by atoms with Crippen molar-refractivity contribution in [3.8, 4) is 11.3 Å². The Morgan fingerprint density at radius 1 is 1.07 bits per heavy atom. The van der Waals surface area contributed by atoms with Crippen LogP contribution in [0.3, 0.4) is 0 Å². The van der Waals surface area contributed by atoms with Crippen molar-refractivity contribution < 1.29 is 4.79 Å². The molecule has 0 spiro atoms. The molecule has 0 saturated carbocycles. The molecule has 0 fully saturated rings. The number of hydrogen-bond donors (Lipinski definition) is 1. The summed E-state index contributed by atoms with van der Waals surface area (Å²) in [6, 6.07) is 15.4. The van der Waals surface area contributed by atoms with Gasteiger partial charge in [0, 0.05) is 22.5 Å². The first-order chi connectivity index (χ1) is 13.0. The van der Waals surface area contributed by atoms with E-state index in [0.717, 1.165) is 16.8 Å². The first kappa shape index (κ1) is 17.2. The molecule has 2 aromatic heterocycles. The highest BCUT2D eigenvalue weighted by Gasteiger charge is 2.17. The van der Waals surface area contributed by atoms with Crippen LogP contribution in [-0.2, 0) is 0 Å². The summed E-state index contributed by atoms with van der Waals surface area (Å²) in [5.41, 5.74) is 5.46. The third-order valence-electron chi connectivity index (χ3n) is 4.51. The van der Waals surface area contributed by atoms with Crippen LogP contribution in [0.2, 0.25) is 5.02 Å². The van der Waals surface area contributed by atoms with E-state index < -0.39 is 0 Å². The molecule has 27 heavy (non-hydrogen) atoms. The molecular formula is C21H17ClN4O. The summed E-state index contributed by atoms with van der Waals surface area (Å²) in [6.07, 6.45) is 3.23. The van der Waals surface area contributed by atoms with Crippen LogP contribution in [0.15, 0.2) is 60.9 Å². The number of rotatable bonds is 3. The lowest BCUT2D eigenvalue weighted by atomic mass is 10.1. The van der Waals surface area contributed by atoms with Crippen LogP contribution in [0.1, 0.15) is 21.5 Å². The fraction of sp³-hybridized carbons (Fsp3) is 0.0952. The van der Waals surface area contributed by atoms with E-state index >= 15 is 0 Å². The summed E-state index contributed by atoms with van der Waals surface area (Å²) in [7, 11) is 0. The molecule has 0 unspecified atom stereocenters. The summed E-state index contributed by atoms with van der Waals surface area (Å²) in [6.45, 7) is 3.90. The summed E-state index contributed by atoms with van der Waals surface area (Å²) in [5, 5.41) is 7.89. The number of halogens is 1. The van der Waals surface area contributed by atoms with Gasteiger partial charge in [0.2, 0.25) is 0 Å². The topological polar surface area (TPSA) is 59.3 Å². The Hall–Kier alpha value is -3.18. The van der Waals surface area contributed by atoms with Gasteiger partial charge in [0.15, 0.2) is 5.65 Å². The molecule has 0 atom stereocenters. The second-order valence-corrected chi connectivity index (χ2v) is 6.76. The average molecular weight is 377 g/mol. The van der Waals surface area contributed by atoms with Crippen molar-refractivity contribution in [2.24, 2.45) is 0 Å². The van der Waals surface area contributed by atoms with Gasteiger partial charge in [-0.15, -0.1) is 0 Å². The number of carbonyl (C=O) groups excluding carboxylic acids is 1. The molecule has 6 heteroatoms. The number of fused-ring (bicyclic) bond motifs is 1. The Morgan fingerprint density at radius 2 is 1.85 bits per heavy atom. The van der Waals surface area contributed by atoms with Crippen molar-refractivity contribution in [3.63, 3.8) is 0 Å². The summed E-state index contributed by atoms with van der Waals surface area (Å²) in [4.78, 5) is 17.2. The van der Waals surface area contributed by atoms with Gasteiger partial charge >= 0.3 is 0 Å². The van der Waals surface area contributed by atoms with Crippen molar-refractivity contribution in [1.82, 2.24) is 14.6 Å². The maximum Gasteiger partial charge on any atom is 0.261 e. The largest absolute Gasteiger partial charge is 0.322 e. The molecule has 0 bridgehead atoms. The van der Waals surface area contributed by atoms with Gasteiger partial charge in [-0.2, -0.15) is 5.10 Å². The number of hydrogen-bond acceptors (Lipinski definition) is 3. The molecule has 1 N–H and O–H groups in total. The highest BCUT2D eigenvalue weighted by molar-refractivity contribution is 6.31. The molecule has 0 aliphatic carbocycles. The summed E-state index contributed by atoms with van der Waals surface area (Å²) >= 11 is 6.14. The van der Waals surface area contributed by atoms with Crippen LogP contribution in [0.5, 0.6) is 0 Å². The molecule has 2 heterocycles. The minimum absolute atomic E-state index is 0.274. The van der Waals surface area contributed by atoms with Gasteiger partial charge in [0.1, 0.15) is 5.56 Å². The van der Waals surface area contributed by atoms with Crippen LogP contribution in [0.4, 0.5) is 5.69 Å². The zero-order chi connectivity index (χ0) is 19.0. The van der Waals surface area contributed by atoms with Crippen molar-refractivity contribution in [2.45, 2.75) is 13.8 Å². The standard InChI is InChI=1S/C21H17ClN4O/c1-13-6-8-15(9-7-13)19-10-11-23-20-16(12-24-26(19)20)21(27)25-18-5-3-4-17(22)14(18)2/h3-12H,1-2H3,(H,25,27). The average Bonchev–Trinajstić information content (AvgIpc) is 3.10. The van der Waals surface area contributed by atoms with E-state index in [0.29, 0.717) is 21.9 Å². The Kier molecular flexibility index (Phi) is 4.38. The molecule has 5 nitrogen and oxygen atoms in total. The zero-order valence-electron chi connectivity index (χ0n) is 14.9. The van der Waals surface area contributed by atoms with Crippen molar-refractivity contribution in [1.29, 1.82) is 0 Å². The van der Waals surface area contributed by atoms with E-state index in [-0.39, 0.29) is 5.91 Å². The molecule has 1 amide bonds. The smallest absolute Gasteiger partial charge is 0.261 e. The lowest BCUT2D eigenvalue weighted by Crippen LogP contribution is -2.13. The van der Waals surface area contributed by atoms with Gasteiger partial charge < -0.3 is 5.32 Å². The highest BCUT2D eigenvalue weighted by Crippen LogP contribution is 2.25. The predicted molar refractivity (Wildman–Crippen MR) is 107 cm³/mol. The fourth-order valence-corrected chi connectivity index (χ4v) is 3.10. The molecule has 0 saturated heterocycles. The Morgan fingerprint density at radius 3 is 2.63 bits per heavy atom. The second-order valence-electron chi connectivity index (χ2n) is 6.36. The molecule has 4 aromatic rings. The monoisotopic (exact) mass is 376 g/mol. The summed E-state index contributed by atoms with van der Waals surface area (Å²) < 4.78 is 1.68. The van der Waals surface area contributed by atoms with Crippen molar-refractivity contribution in [2.75, 3.05) is 5.32 Å². The number of amides is 1. The van der Waals surface area contributed by atoms with Crippen LogP contribution in [0.25, 0.3) is 16.9 Å². The van der Waals surface area contributed by atoms with Gasteiger partial charge in [0.25, 0.3) is 5.91 Å². The van der Waals surface area contributed by atoms with Crippen LogP contribution in [0, 0.1) is 13.8 Å². The molecule has 0 aliphatic rings. The molecule has 2 aromatic carbocycles. The third kappa shape index (κ3) is 3.17. The third-order valence-corrected chi connectivity index (χ3v) is 4.92. The number of aryl methyl sites for hydroxylation is 1. The predicted octanol–water partition coefficient (Wildman–Crippen LogP) is 4.92. The number of benzene rings is 2. The quantitative estimate of drug-likeness (QED) is 0.552. The van der Waals surface area contributed by atoms with Crippen molar-refractivity contribution in [3.05, 3.63) is 82.6 Å². The minimum Gasteiger partial charge on any atom is -0.322 e. The molecule has 0 aliphatic heterocycles. The maximum atomic E-state index is 12.8. The van der Waals surface area contributed by atoms with Crippen LogP contribution in [-0.4, -0.2) is 20.5 Å². The Bertz CT molecular complexity index is 1150. The lowest BCUT2D eigenvalue weighted by molar-refractivity contribution is 0.102. The minimum atomic E-state index is -0.274. The number of nitrogens with one attached hydrogen (secondary N) is 1. The van der Waals surface area contributed by atoms with Gasteiger partial charge in [-0.25, -0.2) is 9.50 Å². The Labute approximate surface area is 161 Å². The van der Waals surface area contributed by atoms with E-state index in [1.165, 1.54) is 11.8 Å². The van der Waals surface area contributed by atoms with E-state index in [2.05, 4.69) is 15.4 Å². The Balaban J connectivity index is 1.73. The van der Waals surface area contributed by atoms with E-state index in [1.54, 1.807) is 22.8 Å². The van der Waals surface area contributed by atoms with Gasteiger partial charge in [-0.3, -0.25) is 4.79 Å². The highest BCUT2D eigenvalue weighted by atomic mass is 35.5. The molecule has 0 radical (unpaired) electrons. The molecule has 134 valence electrons. The zero-order valence-corrected chi connectivity index (χ0v) is 15.7. The summed E-state index contributed by atoms with van der Waals surface area (Å²) in [5.74, 6) is -0.274. The van der Waals surface area contributed by atoms with Crippen LogP contribution >= 0.6 is 11.6 Å². The van der Waals surface area contributed by atoms with Gasteiger partial charge in [0.05, 0.1) is 11.9 Å². The molecular weight excluding hydrogens is 360 g/mol. The number of carbonyl (C=O) groups is 1. The number of aromatic nitrogens is 3. The molecule has 4 rings (SSSR count). The normalized spacial score (nSPS) is 10.9. The van der Waals surface area contributed by atoms with Gasteiger partial charge in [-0.1, -0.05) is 47.5 Å². The SMILES string of the molecule is Cc1ccc(-c2ccnc3c(C(=O)Nc4cccc(Cl)c4C)cnn23)cc1. The number of anilines is 1. The first-order valence-corrected chi connectivity index (χ1v) is 8.88. The van der Waals surface area contributed by atoms with E-state index in [4.69, 9.17) is 11.6 Å².